The van der Waals surface area contributed by atoms with Crippen LogP contribution in [0.2, 0.25) is 0 Å². The van der Waals surface area contributed by atoms with Gasteiger partial charge in [-0.25, -0.2) is 0 Å². The molecule has 0 bridgehead atoms. The largest absolute Gasteiger partial charge is 0.299 e. The SMILES string of the molecule is CCCCCCCCCCCCCCCC=CC=C[O]. The van der Waals surface area contributed by atoms with Gasteiger partial charge in [0.15, 0.2) is 0 Å². The molecule has 0 aliphatic rings. The van der Waals surface area contributed by atoms with Crippen molar-refractivity contribution in [3.8, 4) is 0 Å². The van der Waals surface area contributed by atoms with Crippen molar-refractivity contribution in [1.29, 1.82) is 0 Å². The van der Waals surface area contributed by atoms with Crippen LogP contribution in [0.1, 0.15) is 96.8 Å². The third kappa shape index (κ3) is 17.3. The van der Waals surface area contributed by atoms with Crippen molar-refractivity contribution in [1.82, 2.24) is 0 Å². The third-order valence-corrected chi connectivity index (χ3v) is 3.80. The highest BCUT2D eigenvalue weighted by atomic mass is 16.2. The summed E-state index contributed by atoms with van der Waals surface area (Å²) in [6.07, 6.45) is 25.7. The topological polar surface area (TPSA) is 19.9 Å². The zero-order chi connectivity index (χ0) is 14.7. The minimum atomic E-state index is 0.834. The smallest absolute Gasteiger partial charge is 0.142 e. The van der Waals surface area contributed by atoms with Gasteiger partial charge in [0.1, 0.15) is 6.26 Å². The van der Waals surface area contributed by atoms with Gasteiger partial charge in [-0.3, -0.25) is 5.11 Å². The van der Waals surface area contributed by atoms with Gasteiger partial charge in [-0.2, -0.15) is 0 Å². The minimum Gasteiger partial charge on any atom is -0.299 e. The number of hydrogen-bond donors (Lipinski definition) is 0. The van der Waals surface area contributed by atoms with Crippen molar-refractivity contribution in [2.45, 2.75) is 96.8 Å². The number of hydrogen-bond acceptors (Lipinski definition) is 0. The van der Waals surface area contributed by atoms with Gasteiger partial charge in [0.2, 0.25) is 0 Å². The van der Waals surface area contributed by atoms with E-state index >= 15 is 0 Å². The van der Waals surface area contributed by atoms with E-state index in [9.17, 15) is 5.11 Å². The van der Waals surface area contributed by atoms with Crippen molar-refractivity contribution >= 4 is 0 Å². The van der Waals surface area contributed by atoms with Gasteiger partial charge >= 0.3 is 0 Å². The molecule has 0 saturated heterocycles. The molecule has 117 valence electrons. The second-order valence-corrected chi connectivity index (χ2v) is 5.79. The summed E-state index contributed by atoms with van der Waals surface area (Å²) in [5.41, 5.74) is 0. The quantitative estimate of drug-likeness (QED) is 0.175. The van der Waals surface area contributed by atoms with Crippen LogP contribution in [-0.2, 0) is 5.11 Å². The normalized spacial score (nSPS) is 11.8. The Kier molecular flexibility index (Phi) is 17.6. The zero-order valence-electron chi connectivity index (χ0n) is 13.6. The Labute approximate surface area is 127 Å². The summed E-state index contributed by atoms with van der Waals surface area (Å²) in [6.45, 7) is 2.28. The Morgan fingerprint density at radius 1 is 0.600 bits per heavy atom. The molecule has 0 aromatic carbocycles. The van der Waals surface area contributed by atoms with Crippen LogP contribution < -0.4 is 0 Å². The summed E-state index contributed by atoms with van der Waals surface area (Å²) in [5, 5.41) is 10.0. The lowest BCUT2D eigenvalue weighted by Gasteiger charge is -2.02. The maximum atomic E-state index is 10.0. The highest BCUT2D eigenvalue weighted by molar-refractivity contribution is 4.98. The van der Waals surface area contributed by atoms with Crippen LogP contribution in [0.4, 0.5) is 0 Å². The van der Waals surface area contributed by atoms with Crippen molar-refractivity contribution < 1.29 is 5.11 Å². The summed E-state index contributed by atoms with van der Waals surface area (Å²) >= 11 is 0. The average Bonchev–Trinajstić information content (AvgIpc) is 2.47. The van der Waals surface area contributed by atoms with E-state index in [4.69, 9.17) is 0 Å². The summed E-state index contributed by atoms with van der Waals surface area (Å²) in [7, 11) is 0. The summed E-state index contributed by atoms with van der Waals surface area (Å²) in [6, 6.07) is 0. The van der Waals surface area contributed by atoms with Crippen LogP contribution in [-0.4, -0.2) is 0 Å². The van der Waals surface area contributed by atoms with Crippen LogP contribution in [0.15, 0.2) is 24.5 Å². The maximum Gasteiger partial charge on any atom is 0.142 e. The first-order chi connectivity index (χ1) is 9.91. The van der Waals surface area contributed by atoms with E-state index in [0.29, 0.717) is 0 Å². The third-order valence-electron chi connectivity index (χ3n) is 3.80. The average molecular weight is 279 g/mol. The van der Waals surface area contributed by atoms with Gasteiger partial charge in [0.05, 0.1) is 0 Å². The molecule has 0 aliphatic carbocycles. The molecule has 0 fully saturated rings. The monoisotopic (exact) mass is 279 g/mol. The number of allylic oxidation sites excluding steroid dienone is 3. The summed E-state index contributed by atoms with van der Waals surface area (Å²) in [5.74, 6) is 0. The number of rotatable bonds is 15. The van der Waals surface area contributed by atoms with Gasteiger partial charge < -0.3 is 0 Å². The van der Waals surface area contributed by atoms with Crippen molar-refractivity contribution in [2.75, 3.05) is 0 Å². The van der Waals surface area contributed by atoms with Crippen LogP contribution in [0.3, 0.4) is 0 Å². The molecule has 0 N–H and O–H groups in total. The molecule has 1 radical (unpaired) electrons. The zero-order valence-corrected chi connectivity index (χ0v) is 13.6. The lowest BCUT2D eigenvalue weighted by Crippen LogP contribution is -1.82. The maximum absolute atomic E-state index is 10.0. The van der Waals surface area contributed by atoms with Gasteiger partial charge in [-0.05, 0) is 18.9 Å². The fourth-order valence-corrected chi connectivity index (χ4v) is 2.50. The van der Waals surface area contributed by atoms with Crippen LogP contribution >= 0.6 is 0 Å². The van der Waals surface area contributed by atoms with Crippen LogP contribution in [0, 0.1) is 0 Å². The Morgan fingerprint density at radius 3 is 1.50 bits per heavy atom. The molecule has 0 amide bonds. The predicted molar refractivity (Wildman–Crippen MR) is 89.3 cm³/mol. The highest BCUT2D eigenvalue weighted by Gasteiger charge is 1.93. The molecule has 0 aromatic heterocycles. The van der Waals surface area contributed by atoms with Crippen molar-refractivity contribution in [2.24, 2.45) is 0 Å². The van der Waals surface area contributed by atoms with Gasteiger partial charge in [-0.15, -0.1) is 0 Å². The lowest BCUT2D eigenvalue weighted by molar-refractivity contribution is 0.352. The van der Waals surface area contributed by atoms with Gasteiger partial charge in [0.25, 0.3) is 0 Å². The molecule has 0 aliphatic heterocycles. The summed E-state index contributed by atoms with van der Waals surface area (Å²) in [4.78, 5) is 0. The van der Waals surface area contributed by atoms with E-state index in [-0.39, 0.29) is 0 Å². The Morgan fingerprint density at radius 2 is 1.05 bits per heavy atom. The molecule has 0 aromatic rings. The van der Waals surface area contributed by atoms with E-state index in [1.54, 1.807) is 6.08 Å². The van der Waals surface area contributed by atoms with Gasteiger partial charge in [-0.1, -0.05) is 96.1 Å². The molecule has 0 spiro atoms. The Bertz CT molecular complexity index is 218. The number of unbranched alkanes of at least 4 members (excludes halogenated alkanes) is 13. The molecule has 0 atom stereocenters. The molecule has 0 heterocycles. The van der Waals surface area contributed by atoms with Crippen molar-refractivity contribution in [3.05, 3.63) is 24.5 Å². The highest BCUT2D eigenvalue weighted by Crippen LogP contribution is 2.12. The van der Waals surface area contributed by atoms with E-state index in [1.165, 1.54) is 83.5 Å². The first kappa shape index (κ1) is 19.3. The minimum absolute atomic E-state index is 0.834. The second kappa shape index (κ2) is 18.3. The molecule has 0 unspecified atom stereocenters. The molecule has 20 heavy (non-hydrogen) atoms. The molecule has 0 saturated carbocycles. The molecule has 1 heteroatoms. The van der Waals surface area contributed by atoms with Crippen LogP contribution in [0.25, 0.3) is 0 Å². The lowest BCUT2D eigenvalue weighted by atomic mass is 10.0. The van der Waals surface area contributed by atoms with Crippen LogP contribution in [0.5, 0.6) is 0 Å². The van der Waals surface area contributed by atoms with Crippen molar-refractivity contribution in [3.63, 3.8) is 0 Å². The summed E-state index contributed by atoms with van der Waals surface area (Å²) < 4.78 is 0. The second-order valence-electron chi connectivity index (χ2n) is 5.79. The van der Waals surface area contributed by atoms with E-state index in [1.807, 2.05) is 6.08 Å². The van der Waals surface area contributed by atoms with Gasteiger partial charge in [0, 0.05) is 0 Å². The first-order valence-corrected chi connectivity index (χ1v) is 8.85. The fraction of sp³-hybridized carbons (Fsp3) is 0.789. The Balaban J connectivity index is 2.99. The fourth-order valence-electron chi connectivity index (χ4n) is 2.50. The molecule has 1 nitrogen and oxygen atoms in total. The standard InChI is InChI=1S/C19H35O/c1-2-3-4-5-6-7-8-9-10-11-12-13-14-15-16-17-18-19-20/h16-19H,2-15H2,1H3. The molecular formula is C19H35O. The molecule has 0 rings (SSSR count). The first-order valence-electron chi connectivity index (χ1n) is 8.85. The Hall–Kier alpha value is -0.720. The van der Waals surface area contributed by atoms with E-state index in [0.717, 1.165) is 12.7 Å². The predicted octanol–water partition coefficient (Wildman–Crippen LogP) is 6.97. The van der Waals surface area contributed by atoms with E-state index in [2.05, 4.69) is 13.0 Å². The van der Waals surface area contributed by atoms with E-state index < -0.39 is 0 Å². The molecular weight excluding hydrogens is 244 g/mol.